The van der Waals surface area contributed by atoms with E-state index in [-0.39, 0.29) is 10.9 Å². The maximum absolute atomic E-state index is 12.1. The number of carbonyl (C=O) groups excluding carboxylic acids is 1. The van der Waals surface area contributed by atoms with E-state index in [1.165, 1.54) is 26.2 Å². The molecule has 1 aromatic rings. The van der Waals surface area contributed by atoms with E-state index >= 15 is 0 Å². The van der Waals surface area contributed by atoms with E-state index in [0.29, 0.717) is 0 Å². The maximum atomic E-state index is 12.1. The number of benzene rings is 1. The first-order chi connectivity index (χ1) is 9.31. The Hall–Kier alpha value is -1.44. The Bertz CT molecular complexity index is 554. The van der Waals surface area contributed by atoms with Gasteiger partial charge in [0.1, 0.15) is 6.04 Å². The fourth-order valence-electron chi connectivity index (χ4n) is 1.63. The van der Waals surface area contributed by atoms with Crippen molar-refractivity contribution in [2.45, 2.75) is 30.8 Å². The minimum atomic E-state index is -3.74. The van der Waals surface area contributed by atoms with E-state index in [9.17, 15) is 13.2 Å². The highest BCUT2D eigenvalue weighted by molar-refractivity contribution is 7.89. The van der Waals surface area contributed by atoms with Crippen molar-refractivity contribution in [1.29, 1.82) is 0 Å². The molecule has 0 fully saturated rings. The Kier molecular flexibility index (Phi) is 5.67. The Balaban J connectivity index is 2.91. The van der Waals surface area contributed by atoms with Crippen LogP contribution in [-0.4, -0.2) is 34.6 Å². The first kappa shape index (κ1) is 16.6. The molecule has 2 atom stereocenters. The second-order valence-corrected chi connectivity index (χ2v) is 6.16. The smallest absolute Gasteiger partial charge is 0.323 e. The van der Waals surface area contributed by atoms with E-state index in [0.717, 1.165) is 5.56 Å². The van der Waals surface area contributed by atoms with Gasteiger partial charge < -0.3 is 10.1 Å². The average Bonchev–Trinajstić information content (AvgIpc) is 2.45. The molecule has 0 amide bonds. The van der Waals surface area contributed by atoms with Crippen LogP contribution in [0.5, 0.6) is 0 Å². The lowest BCUT2D eigenvalue weighted by Gasteiger charge is -2.14. The monoisotopic (exact) mass is 300 g/mol. The topological polar surface area (TPSA) is 84.5 Å². The third-order valence-electron chi connectivity index (χ3n) is 3.01. The summed E-state index contributed by atoms with van der Waals surface area (Å²) in [6.07, 6.45) is 0. The molecule has 1 aromatic carbocycles. The van der Waals surface area contributed by atoms with Gasteiger partial charge in [-0.25, -0.2) is 8.42 Å². The van der Waals surface area contributed by atoms with Gasteiger partial charge in [0.05, 0.1) is 12.0 Å². The van der Waals surface area contributed by atoms with Crippen LogP contribution in [0, 0.1) is 0 Å². The molecule has 0 radical (unpaired) electrons. The summed E-state index contributed by atoms with van der Waals surface area (Å²) in [4.78, 5) is 11.4. The number of sulfonamides is 1. The minimum absolute atomic E-state index is 0.111. The fourth-order valence-corrected chi connectivity index (χ4v) is 2.82. The normalized spacial score (nSPS) is 14.6. The predicted octanol–water partition coefficient (Wildman–Crippen LogP) is 0.807. The summed E-state index contributed by atoms with van der Waals surface area (Å²) >= 11 is 0. The molecule has 0 aliphatic rings. The number of esters is 1. The van der Waals surface area contributed by atoms with Gasteiger partial charge in [0, 0.05) is 6.04 Å². The molecular formula is C13H20N2O4S. The third-order valence-corrected chi connectivity index (χ3v) is 4.57. The van der Waals surface area contributed by atoms with Crippen LogP contribution >= 0.6 is 0 Å². The average molecular weight is 300 g/mol. The number of carbonyl (C=O) groups is 1. The number of rotatable bonds is 6. The quantitative estimate of drug-likeness (QED) is 0.759. The van der Waals surface area contributed by atoms with Gasteiger partial charge in [0.15, 0.2) is 0 Å². The van der Waals surface area contributed by atoms with Crippen LogP contribution in [-0.2, 0) is 19.6 Å². The summed E-state index contributed by atoms with van der Waals surface area (Å²) in [5.74, 6) is -0.631. The van der Waals surface area contributed by atoms with Gasteiger partial charge in [-0.1, -0.05) is 12.1 Å². The molecule has 7 heteroatoms. The molecule has 0 bridgehead atoms. The van der Waals surface area contributed by atoms with Gasteiger partial charge in [-0.15, -0.1) is 0 Å². The van der Waals surface area contributed by atoms with Crippen LogP contribution in [0.25, 0.3) is 0 Å². The van der Waals surface area contributed by atoms with Gasteiger partial charge in [-0.05, 0) is 38.6 Å². The number of nitrogens with one attached hydrogen (secondary N) is 2. The summed E-state index contributed by atoms with van der Waals surface area (Å²) in [7, 11) is -0.697. The number of hydrogen-bond donors (Lipinski definition) is 2. The first-order valence-electron chi connectivity index (χ1n) is 6.19. The Morgan fingerprint density at radius 2 is 1.75 bits per heavy atom. The zero-order chi connectivity index (χ0) is 15.3. The van der Waals surface area contributed by atoms with Crippen molar-refractivity contribution < 1.29 is 17.9 Å². The van der Waals surface area contributed by atoms with Gasteiger partial charge >= 0.3 is 5.97 Å². The van der Waals surface area contributed by atoms with Crippen molar-refractivity contribution in [1.82, 2.24) is 10.0 Å². The van der Waals surface area contributed by atoms with Crippen molar-refractivity contribution in [3.63, 3.8) is 0 Å². The molecule has 6 nitrogen and oxygen atoms in total. The molecule has 2 unspecified atom stereocenters. The number of methoxy groups -OCH3 is 1. The SMILES string of the molecule is CNC(C)c1ccc(S(=O)(=O)NC(C)C(=O)OC)cc1. The van der Waals surface area contributed by atoms with Crippen molar-refractivity contribution in [2.24, 2.45) is 0 Å². The van der Waals surface area contributed by atoms with Crippen LogP contribution in [0.1, 0.15) is 25.5 Å². The summed E-state index contributed by atoms with van der Waals surface area (Å²) in [5.41, 5.74) is 0.979. The highest BCUT2D eigenvalue weighted by atomic mass is 32.2. The summed E-state index contributed by atoms with van der Waals surface area (Å²) in [6.45, 7) is 3.40. The van der Waals surface area contributed by atoms with E-state index < -0.39 is 22.0 Å². The van der Waals surface area contributed by atoms with Crippen LogP contribution < -0.4 is 10.0 Å². The van der Waals surface area contributed by atoms with E-state index in [1.54, 1.807) is 12.1 Å². The number of hydrogen-bond acceptors (Lipinski definition) is 5. The van der Waals surface area contributed by atoms with E-state index in [4.69, 9.17) is 0 Å². The third kappa shape index (κ3) is 4.03. The standard InChI is InChI=1S/C13H20N2O4S/c1-9(14-3)11-5-7-12(8-6-11)20(17,18)15-10(2)13(16)19-4/h5-10,14-15H,1-4H3. The molecular weight excluding hydrogens is 280 g/mol. The van der Waals surface area contributed by atoms with Crippen molar-refractivity contribution in [2.75, 3.05) is 14.2 Å². The zero-order valence-electron chi connectivity index (χ0n) is 12.0. The molecule has 0 saturated heterocycles. The summed E-state index contributed by atoms with van der Waals surface area (Å²) in [5, 5.41) is 3.07. The molecule has 0 aliphatic heterocycles. The van der Waals surface area contributed by atoms with Crippen LogP contribution in [0.2, 0.25) is 0 Å². The van der Waals surface area contributed by atoms with Gasteiger partial charge in [0.2, 0.25) is 10.0 Å². The lowest BCUT2D eigenvalue weighted by atomic mass is 10.1. The highest BCUT2D eigenvalue weighted by Gasteiger charge is 2.22. The molecule has 112 valence electrons. The Labute approximate surface area is 119 Å². The van der Waals surface area contributed by atoms with Crippen molar-refractivity contribution in [3.8, 4) is 0 Å². The van der Waals surface area contributed by atoms with Crippen molar-refractivity contribution >= 4 is 16.0 Å². The molecule has 0 heterocycles. The van der Waals surface area contributed by atoms with Crippen LogP contribution in [0.15, 0.2) is 29.2 Å². The zero-order valence-corrected chi connectivity index (χ0v) is 12.8. The molecule has 20 heavy (non-hydrogen) atoms. The van der Waals surface area contributed by atoms with Gasteiger partial charge in [0.25, 0.3) is 0 Å². The predicted molar refractivity (Wildman–Crippen MR) is 75.7 cm³/mol. The summed E-state index contributed by atoms with van der Waals surface area (Å²) in [6, 6.07) is 5.69. The Morgan fingerprint density at radius 1 is 1.20 bits per heavy atom. The minimum Gasteiger partial charge on any atom is -0.468 e. The molecule has 2 N–H and O–H groups in total. The Morgan fingerprint density at radius 3 is 2.20 bits per heavy atom. The second-order valence-electron chi connectivity index (χ2n) is 4.45. The molecule has 0 spiro atoms. The lowest BCUT2D eigenvalue weighted by molar-refractivity contribution is -0.142. The highest BCUT2D eigenvalue weighted by Crippen LogP contribution is 2.16. The number of ether oxygens (including phenoxy) is 1. The largest absolute Gasteiger partial charge is 0.468 e. The van der Waals surface area contributed by atoms with Crippen molar-refractivity contribution in [3.05, 3.63) is 29.8 Å². The maximum Gasteiger partial charge on any atom is 0.323 e. The van der Waals surface area contributed by atoms with Gasteiger partial charge in [-0.3, -0.25) is 4.79 Å². The molecule has 1 rings (SSSR count). The molecule has 0 aliphatic carbocycles. The van der Waals surface area contributed by atoms with Crippen LogP contribution in [0.4, 0.5) is 0 Å². The molecule has 0 aromatic heterocycles. The van der Waals surface area contributed by atoms with E-state index in [1.807, 2.05) is 14.0 Å². The first-order valence-corrected chi connectivity index (χ1v) is 7.67. The lowest BCUT2D eigenvalue weighted by Crippen LogP contribution is -2.39. The van der Waals surface area contributed by atoms with E-state index in [2.05, 4.69) is 14.8 Å². The second kappa shape index (κ2) is 6.83. The van der Waals surface area contributed by atoms with Crippen LogP contribution in [0.3, 0.4) is 0 Å². The summed E-state index contributed by atoms with van der Waals surface area (Å²) < 4.78 is 30.9. The van der Waals surface area contributed by atoms with Gasteiger partial charge in [-0.2, -0.15) is 4.72 Å². The fraction of sp³-hybridized carbons (Fsp3) is 0.462. The molecule has 0 saturated carbocycles.